The third-order valence-electron chi connectivity index (χ3n) is 4.58. The van der Waals surface area contributed by atoms with Crippen LogP contribution in [0.5, 0.6) is 0 Å². The minimum atomic E-state index is -0.264. The zero-order valence-corrected chi connectivity index (χ0v) is 16.0. The molecule has 1 aliphatic heterocycles. The van der Waals surface area contributed by atoms with E-state index in [0.717, 1.165) is 44.4 Å². The van der Waals surface area contributed by atoms with E-state index in [4.69, 9.17) is 14.7 Å². The molecular formula is C18H14BrFN4OS. The van der Waals surface area contributed by atoms with Gasteiger partial charge in [-0.3, -0.25) is 0 Å². The minimum absolute atomic E-state index is 0.264. The van der Waals surface area contributed by atoms with E-state index >= 15 is 0 Å². The van der Waals surface area contributed by atoms with Gasteiger partial charge in [-0.2, -0.15) is 0 Å². The molecule has 0 bridgehead atoms. The maximum Gasteiger partial charge on any atom is 0.226 e. The highest BCUT2D eigenvalue weighted by Crippen LogP contribution is 2.39. The summed E-state index contributed by atoms with van der Waals surface area (Å²) >= 11 is 5.18. The van der Waals surface area contributed by atoms with Crippen molar-refractivity contribution in [2.24, 2.45) is 0 Å². The van der Waals surface area contributed by atoms with E-state index in [1.165, 1.54) is 6.07 Å². The highest BCUT2D eigenvalue weighted by molar-refractivity contribution is 9.10. The first kappa shape index (κ1) is 16.2. The van der Waals surface area contributed by atoms with Crippen LogP contribution in [0.4, 0.5) is 10.3 Å². The first-order chi connectivity index (χ1) is 12.7. The topological polar surface area (TPSA) is 54.0 Å². The molecule has 0 aliphatic carbocycles. The van der Waals surface area contributed by atoms with Crippen molar-refractivity contribution in [3.8, 4) is 11.3 Å². The first-order valence-electron chi connectivity index (χ1n) is 8.26. The zero-order chi connectivity index (χ0) is 17.7. The molecule has 5 rings (SSSR count). The number of hydrogen-bond donors (Lipinski definition) is 1. The van der Waals surface area contributed by atoms with Crippen LogP contribution in [0.2, 0.25) is 0 Å². The van der Waals surface area contributed by atoms with Crippen LogP contribution in [-0.4, -0.2) is 41.3 Å². The molecule has 1 fully saturated rings. The van der Waals surface area contributed by atoms with Gasteiger partial charge in [0.1, 0.15) is 11.3 Å². The number of H-pyrrole nitrogens is 1. The second-order valence-corrected chi connectivity index (χ2v) is 7.83. The van der Waals surface area contributed by atoms with E-state index in [1.54, 1.807) is 23.6 Å². The van der Waals surface area contributed by atoms with Crippen LogP contribution in [-0.2, 0) is 4.74 Å². The maximum absolute atomic E-state index is 14.1. The molecule has 3 aromatic heterocycles. The van der Waals surface area contributed by atoms with Crippen molar-refractivity contribution >= 4 is 54.3 Å². The highest BCUT2D eigenvalue weighted by Gasteiger charge is 2.21. The molecule has 1 N–H and O–H groups in total. The van der Waals surface area contributed by atoms with Crippen molar-refractivity contribution in [3.05, 3.63) is 40.1 Å². The number of morpholine rings is 1. The summed E-state index contributed by atoms with van der Waals surface area (Å²) in [6.07, 6.45) is 1.75. The normalized spacial score (nSPS) is 15.2. The molecule has 8 heteroatoms. The molecule has 4 aromatic rings. The van der Waals surface area contributed by atoms with Crippen LogP contribution in [0, 0.1) is 5.82 Å². The van der Waals surface area contributed by atoms with Gasteiger partial charge in [0, 0.05) is 35.6 Å². The Morgan fingerprint density at radius 1 is 1.19 bits per heavy atom. The van der Waals surface area contributed by atoms with Gasteiger partial charge in [0.15, 0.2) is 0 Å². The predicted molar refractivity (Wildman–Crippen MR) is 105 cm³/mol. The molecule has 0 radical (unpaired) electrons. The molecule has 0 amide bonds. The van der Waals surface area contributed by atoms with Crippen LogP contribution in [0.3, 0.4) is 0 Å². The fraction of sp³-hybridized carbons (Fsp3) is 0.222. The molecular weight excluding hydrogens is 419 g/mol. The van der Waals surface area contributed by atoms with Crippen molar-refractivity contribution < 1.29 is 9.13 Å². The summed E-state index contributed by atoms with van der Waals surface area (Å²) in [5.41, 5.74) is 3.11. The number of nitrogens with one attached hydrogen (secondary N) is 1. The first-order valence-corrected chi connectivity index (χ1v) is 9.93. The van der Waals surface area contributed by atoms with Gasteiger partial charge in [0.05, 0.1) is 33.6 Å². The van der Waals surface area contributed by atoms with Crippen LogP contribution < -0.4 is 4.90 Å². The molecule has 0 unspecified atom stereocenters. The Hall–Kier alpha value is -2.03. The summed E-state index contributed by atoms with van der Waals surface area (Å²) in [5.74, 6) is 0.419. The SMILES string of the molecule is Fc1ccc(-c2nc(N3CCOCC3)nc3c(Br)csc23)c2cc[nH]c12. The van der Waals surface area contributed by atoms with E-state index in [1.807, 2.05) is 11.4 Å². The molecule has 1 saturated heterocycles. The Kier molecular flexibility index (Phi) is 3.91. The summed E-state index contributed by atoms with van der Waals surface area (Å²) in [6.45, 7) is 2.85. The average molecular weight is 433 g/mol. The van der Waals surface area contributed by atoms with E-state index in [9.17, 15) is 4.39 Å². The van der Waals surface area contributed by atoms with E-state index in [-0.39, 0.29) is 5.82 Å². The Bertz CT molecular complexity index is 1120. The summed E-state index contributed by atoms with van der Waals surface area (Å²) in [5, 5.41) is 2.84. The Labute approximate surface area is 161 Å². The smallest absolute Gasteiger partial charge is 0.226 e. The Balaban J connectivity index is 1.78. The number of ether oxygens (including phenoxy) is 1. The zero-order valence-electron chi connectivity index (χ0n) is 13.6. The lowest BCUT2D eigenvalue weighted by Gasteiger charge is -2.27. The number of halogens is 2. The molecule has 1 aromatic carbocycles. The molecule has 26 heavy (non-hydrogen) atoms. The second-order valence-electron chi connectivity index (χ2n) is 6.09. The van der Waals surface area contributed by atoms with Gasteiger partial charge in [0.2, 0.25) is 5.95 Å². The lowest BCUT2D eigenvalue weighted by atomic mass is 10.1. The number of rotatable bonds is 2. The van der Waals surface area contributed by atoms with Crippen LogP contribution >= 0.6 is 27.3 Å². The van der Waals surface area contributed by atoms with E-state index < -0.39 is 0 Å². The standard InChI is InChI=1S/C18H14BrFN4OS/c19-12-9-26-17-15(10-1-2-13(20)14-11(10)3-4-21-14)22-18(23-16(12)17)24-5-7-25-8-6-24/h1-4,9,21H,5-8H2. The van der Waals surface area contributed by atoms with Crippen molar-refractivity contribution in [2.75, 3.05) is 31.2 Å². The quantitative estimate of drug-likeness (QED) is 0.503. The van der Waals surface area contributed by atoms with Crippen LogP contribution in [0.15, 0.2) is 34.2 Å². The minimum Gasteiger partial charge on any atom is -0.378 e. The van der Waals surface area contributed by atoms with Gasteiger partial charge in [-0.15, -0.1) is 11.3 Å². The van der Waals surface area contributed by atoms with Crippen LogP contribution in [0.1, 0.15) is 0 Å². The second kappa shape index (κ2) is 6.29. The number of nitrogens with zero attached hydrogens (tertiary/aromatic N) is 3. The number of fused-ring (bicyclic) bond motifs is 2. The third-order valence-corrected chi connectivity index (χ3v) is 6.47. The fourth-order valence-electron chi connectivity index (χ4n) is 3.29. The average Bonchev–Trinajstić information content (AvgIpc) is 3.30. The molecule has 1 aliphatic rings. The number of anilines is 1. The number of aromatic nitrogens is 3. The number of hydrogen-bond acceptors (Lipinski definition) is 5. The van der Waals surface area contributed by atoms with Gasteiger partial charge < -0.3 is 14.6 Å². The lowest BCUT2D eigenvalue weighted by Crippen LogP contribution is -2.37. The van der Waals surface area contributed by atoms with Gasteiger partial charge in [-0.25, -0.2) is 14.4 Å². The number of aromatic amines is 1. The van der Waals surface area contributed by atoms with Crippen molar-refractivity contribution in [2.45, 2.75) is 0 Å². The molecule has 0 atom stereocenters. The number of thiophene rings is 1. The monoisotopic (exact) mass is 432 g/mol. The van der Waals surface area contributed by atoms with Crippen LogP contribution in [0.25, 0.3) is 32.4 Å². The largest absolute Gasteiger partial charge is 0.378 e. The summed E-state index contributed by atoms with van der Waals surface area (Å²) < 4.78 is 21.5. The number of benzene rings is 1. The van der Waals surface area contributed by atoms with Crippen molar-refractivity contribution in [3.63, 3.8) is 0 Å². The lowest BCUT2D eigenvalue weighted by molar-refractivity contribution is 0.122. The maximum atomic E-state index is 14.1. The molecule has 4 heterocycles. The molecule has 0 spiro atoms. The highest BCUT2D eigenvalue weighted by atomic mass is 79.9. The third kappa shape index (κ3) is 2.52. The van der Waals surface area contributed by atoms with Crippen molar-refractivity contribution in [1.29, 1.82) is 0 Å². The van der Waals surface area contributed by atoms with Crippen molar-refractivity contribution in [1.82, 2.24) is 15.0 Å². The Morgan fingerprint density at radius 3 is 2.88 bits per heavy atom. The predicted octanol–water partition coefficient (Wildman–Crippen LogP) is 4.58. The molecule has 5 nitrogen and oxygen atoms in total. The summed E-state index contributed by atoms with van der Waals surface area (Å²) in [4.78, 5) is 14.8. The van der Waals surface area contributed by atoms with Gasteiger partial charge in [-0.05, 0) is 34.1 Å². The Morgan fingerprint density at radius 2 is 2.04 bits per heavy atom. The van der Waals surface area contributed by atoms with Gasteiger partial charge >= 0.3 is 0 Å². The van der Waals surface area contributed by atoms with Gasteiger partial charge in [0.25, 0.3) is 0 Å². The van der Waals surface area contributed by atoms with E-state index in [0.29, 0.717) is 24.7 Å². The molecule has 0 saturated carbocycles. The van der Waals surface area contributed by atoms with E-state index in [2.05, 4.69) is 25.8 Å². The van der Waals surface area contributed by atoms with Gasteiger partial charge in [-0.1, -0.05) is 0 Å². The summed E-state index contributed by atoms with van der Waals surface area (Å²) in [6, 6.07) is 5.17. The molecule has 132 valence electrons. The summed E-state index contributed by atoms with van der Waals surface area (Å²) in [7, 11) is 0. The fourth-order valence-corrected chi connectivity index (χ4v) is 4.86.